The highest BCUT2D eigenvalue weighted by atomic mass is 16.1. The van der Waals surface area contributed by atoms with E-state index in [-0.39, 0.29) is 0 Å². The lowest BCUT2D eigenvalue weighted by atomic mass is 9.79. The molecule has 104 valence electrons. The molecule has 1 amide bonds. The molecular formula is C15H23N3O. The van der Waals surface area contributed by atoms with Crippen molar-refractivity contribution in [3.05, 3.63) is 23.8 Å². The Morgan fingerprint density at radius 2 is 2.00 bits per heavy atom. The first kappa shape index (κ1) is 13.7. The van der Waals surface area contributed by atoms with E-state index in [0.717, 1.165) is 23.9 Å². The molecule has 1 aliphatic rings. The van der Waals surface area contributed by atoms with Crippen molar-refractivity contribution in [3.8, 4) is 0 Å². The Morgan fingerprint density at radius 3 is 2.58 bits per heavy atom. The van der Waals surface area contributed by atoms with Gasteiger partial charge in [-0.3, -0.25) is 4.79 Å². The molecule has 0 aromatic heterocycles. The number of carbonyl (C=O) groups excluding carboxylic acids is 1. The Bertz CT molecular complexity index is 472. The van der Waals surface area contributed by atoms with Gasteiger partial charge in [0.15, 0.2) is 0 Å². The van der Waals surface area contributed by atoms with Crippen LogP contribution in [0.25, 0.3) is 0 Å². The predicted octanol–water partition coefficient (Wildman–Crippen LogP) is 2.60. The fourth-order valence-electron chi connectivity index (χ4n) is 2.75. The van der Waals surface area contributed by atoms with Gasteiger partial charge in [-0.2, -0.15) is 0 Å². The highest BCUT2D eigenvalue weighted by molar-refractivity contribution is 5.94. The molecule has 0 spiro atoms. The Hall–Kier alpha value is -1.71. The Morgan fingerprint density at radius 1 is 1.26 bits per heavy atom. The van der Waals surface area contributed by atoms with Crippen LogP contribution in [0.2, 0.25) is 0 Å². The lowest BCUT2D eigenvalue weighted by Gasteiger charge is -2.33. The number of hydrogen-bond donors (Lipinski definition) is 3. The van der Waals surface area contributed by atoms with E-state index in [1.165, 1.54) is 12.8 Å². The van der Waals surface area contributed by atoms with Crippen LogP contribution in [0.4, 0.5) is 11.4 Å². The van der Waals surface area contributed by atoms with E-state index < -0.39 is 5.91 Å². The second kappa shape index (κ2) is 5.51. The van der Waals surface area contributed by atoms with Gasteiger partial charge in [0.2, 0.25) is 5.91 Å². The molecule has 5 N–H and O–H groups in total. The molecule has 4 nitrogen and oxygen atoms in total. The summed E-state index contributed by atoms with van der Waals surface area (Å²) in [5, 5.41) is 3.49. The molecule has 0 saturated heterocycles. The molecule has 1 saturated carbocycles. The standard InChI is InChI=1S/C15H23N3O/c1-9-3-5-12(7-10(9)2)18-14-6-4-11(15(17)19)8-13(14)16/h4,6,8-10,12,18H,3,5,7,16H2,1-2H3,(H2,17,19). The summed E-state index contributed by atoms with van der Waals surface area (Å²) in [5.74, 6) is 1.09. The van der Waals surface area contributed by atoms with Crippen LogP contribution in [-0.4, -0.2) is 11.9 Å². The summed E-state index contributed by atoms with van der Waals surface area (Å²) in [6.07, 6.45) is 3.58. The minimum absolute atomic E-state index is 0.446. The number of primary amides is 1. The Balaban J connectivity index is 2.05. The number of nitrogens with two attached hydrogens (primary N) is 2. The smallest absolute Gasteiger partial charge is 0.248 e. The molecule has 4 heteroatoms. The molecule has 0 radical (unpaired) electrons. The fourth-order valence-corrected chi connectivity index (χ4v) is 2.75. The van der Waals surface area contributed by atoms with Crippen molar-refractivity contribution in [1.29, 1.82) is 0 Å². The van der Waals surface area contributed by atoms with Crippen LogP contribution in [0.15, 0.2) is 18.2 Å². The van der Waals surface area contributed by atoms with E-state index in [1.807, 2.05) is 6.07 Å². The SMILES string of the molecule is CC1CCC(Nc2ccc(C(N)=O)cc2N)CC1C. The Labute approximate surface area is 114 Å². The average molecular weight is 261 g/mol. The van der Waals surface area contributed by atoms with E-state index in [2.05, 4.69) is 19.2 Å². The number of rotatable bonds is 3. The maximum Gasteiger partial charge on any atom is 0.248 e. The van der Waals surface area contributed by atoms with Crippen LogP contribution in [0.3, 0.4) is 0 Å². The third-order valence-electron chi connectivity index (χ3n) is 4.29. The largest absolute Gasteiger partial charge is 0.397 e. The molecule has 0 heterocycles. The molecule has 0 bridgehead atoms. The van der Waals surface area contributed by atoms with Gasteiger partial charge in [-0.05, 0) is 49.3 Å². The summed E-state index contributed by atoms with van der Waals surface area (Å²) in [7, 11) is 0. The fraction of sp³-hybridized carbons (Fsp3) is 0.533. The lowest BCUT2D eigenvalue weighted by Crippen LogP contribution is -2.30. The van der Waals surface area contributed by atoms with Gasteiger partial charge >= 0.3 is 0 Å². The second-order valence-electron chi connectivity index (χ2n) is 5.78. The number of hydrogen-bond acceptors (Lipinski definition) is 3. The highest BCUT2D eigenvalue weighted by Gasteiger charge is 2.24. The van der Waals surface area contributed by atoms with Crippen molar-refractivity contribution < 1.29 is 4.79 Å². The molecule has 19 heavy (non-hydrogen) atoms. The van der Waals surface area contributed by atoms with Crippen LogP contribution in [0, 0.1) is 11.8 Å². The number of nitrogen functional groups attached to an aromatic ring is 1. The van der Waals surface area contributed by atoms with Crippen molar-refractivity contribution >= 4 is 17.3 Å². The molecule has 0 aliphatic heterocycles. The van der Waals surface area contributed by atoms with Gasteiger partial charge in [0.1, 0.15) is 0 Å². The van der Waals surface area contributed by atoms with Crippen LogP contribution >= 0.6 is 0 Å². The molecular weight excluding hydrogens is 238 g/mol. The zero-order valence-electron chi connectivity index (χ0n) is 11.6. The molecule has 3 unspecified atom stereocenters. The van der Waals surface area contributed by atoms with Gasteiger partial charge in [0, 0.05) is 11.6 Å². The van der Waals surface area contributed by atoms with Crippen molar-refractivity contribution in [3.63, 3.8) is 0 Å². The van der Waals surface area contributed by atoms with Crippen LogP contribution in [0.1, 0.15) is 43.5 Å². The van der Waals surface area contributed by atoms with Gasteiger partial charge in [0.25, 0.3) is 0 Å². The first-order valence-corrected chi connectivity index (χ1v) is 6.93. The van der Waals surface area contributed by atoms with Crippen molar-refractivity contribution in [2.24, 2.45) is 17.6 Å². The summed E-state index contributed by atoms with van der Waals surface area (Å²) in [6.45, 7) is 4.62. The predicted molar refractivity (Wildman–Crippen MR) is 79.0 cm³/mol. The van der Waals surface area contributed by atoms with Crippen molar-refractivity contribution in [2.75, 3.05) is 11.1 Å². The minimum atomic E-state index is -0.446. The topological polar surface area (TPSA) is 81.1 Å². The van der Waals surface area contributed by atoms with E-state index >= 15 is 0 Å². The molecule has 1 aliphatic carbocycles. The monoisotopic (exact) mass is 261 g/mol. The van der Waals surface area contributed by atoms with Crippen LogP contribution in [-0.2, 0) is 0 Å². The van der Waals surface area contributed by atoms with E-state index in [1.54, 1.807) is 12.1 Å². The van der Waals surface area contributed by atoms with Gasteiger partial charge < -0.3 is 16.8 Å². The Kier molecular flexibility index (Phi) is 3.98. The van der Waals surface area contributed by atoms with Gasteiger partial charge in [0.05, 0.1) is 11.4 Å². The van der Waals surface area contributed by atoms with Gasteiger partial charge in [-0.15, -0.1) is 0 Å². The summed E-state index contributed by atoms with van der Waals surface area (Å²) in [4.78, 5) is 11.1. The minimum Gasteiger partial charge on any atom is -0.397 e. The zero-order chi connectivity index (χ0) is 14.0. The highest BCUT2D eigenvalue weighted by Crippen LogP contribution is 2.32. The molecule has 1 aromatic rings. The summed E-state index contributed by atoms with van der Waals surface area (Å²) >= 11 is 0. The maximum absolute atomic E-state index is 11.1. The first-order valence-electron chi connectivity index (χ1n) is 6.93. The number of benzene rings is 1. The van der Waals surface area contributed by atoms with E-state index in [9.17, 15) is 4.79 Å². The summed E-state index contributed by atoms with van der Waals surface area (Å²) in [6, 6.07) is 5.67. The molecule has 2 rings (SSSR count). The van der Waals surface area contributed by atoms with Crippen molar-refractivity contribution in [2.45, 2.75) is 39.2 Å². The van der Waals surface area contributed by atoms with Crippen LogP contribution < -0.4 is 16.8 Å². The quantitative estimate of drug-likeness (QED) is 0.731. The molecule has 1 fully saturated rings. The van der Waals surface area contributed by atoms with E-state index in [4.69, 9.17) is 11.5 Å². The maximum atomic E-state index is 11.1. The second-order valence-corrected chi connectivity index (χ2v) is 5.78. The first-order chi connectivity index (χ1) is 8.97. The number of amides is 1. The third-order valence-corrected chi connectivity index (χ3v) is 4.29. The third kappa shape index (κ3) is 3.19. The van der Waals surface area contributed by atoms with E-state index in [0.29, 0.717) is 17.3 Å². The normalized spacial score (nSPS) is 26.9. The summed E-state index contributed by atoms with van der Waals surface area (Å²) in [5.41, 5.74) is 13.1. The van der Waals surface area contributed by atoms with Crippen molar-refractivity contribution in [1.82, 2.24) is 0 Å². The lowest BCUT2D eigenvalue weighted by molar-refractivity contribution is 0.100. The van der Waals surface area contributed by atoms with Crippen LogP contribution in [0.5, 0.6) is 0 Å². The van der Waals surface area contributed by atoms with Gasteiger partial charge in [-0.25, -0.2) is 0 Å². The summed E-state index contributed by atoms with van der Waals surface area (Å²) < 4.78 is 0. The molecule has 3 atom stereocenters. The van der Waals surface area contributed by atoms with Gasteiger partial charge in [-0.1, -0.05) is 13.8 Å². The number of anilines is 2. The average Bonchev–Trinajstić information content (AvgIpc) is 2.36. The zero-order valence-corrected chi connectivity index (χ0v) is 11.6. The molecule has 1 aromatic carbocycles. The number of carbonyl (C=O) groups is 1. The number of nitrogens with one attached hydrogen (secondary N) is 1.